The molecule has 3 N–H and O–H groups in total. The second-order valence-corrected chi connectivity index (χ2v) is 4.74. The topological polar surface area (TPSA) is 61.4 Å². The van der Waals surface area contributed by atoms with Gasteiger partial charge in [-0.15, -0.1) is 0 Å². The minimum Gasteiger partial charge on any atom is -0.481 e. The van der Waals surface area contributed by atoms with Crippen molar-refractivity contribution in [3.63, 3.8) is 0 Å². The maximum atomic E-state index is 11.5. The summed E-state index contributed by atoms with van der Waals surface area (Å²) in [6.45, 7) is 3.67. The number of hydrogen-bond acceptors (Lipinski definition) is 3. The smallest absolute Gasteiger partial charge is 0.310 e. The van der Waals surface area contributed by atoms with Crippen LogP contribution >= 0.6 is 0 Å². The first-order valence-electron chi connectivity index (χ1n) is 5.90. The van der Waals surface area contributed by atoms with Crippen molar-refractivity contribution < 1.29 is 9.90 Å². The van der Waals surface area contributed by atoms with E-state index in [4.69, 9.17) is 0 Å². The number of rotatable bonds is 2. The molecule has 0 unspecified atom stereocenters. The van der Waals surface area contributed by atoms with Gasteiger partial charge < -0.3 is 15.7 Å². The molecule has 2 saturated heterocycles. The van der Waals surface area contributed by atoms with E-state index in [1.54, 1.807) is 0 Å². The third-order valence-corrected chi connectivity index (χ3v) is 4.04. The number of aliphatic carboxylic acids is 1. The highest BCUT2D eigenvalue weighted by Crippen LogP contribution is 2.41. The fourth-order valence-electron chi connectivity index (χ4n) is 3.04. The predicted molar refractivity (Wildman–Crippen MR) is 57.8 cm³/mol. The Labute approximate surface area is 90.4 Å². The lowest BCUT2D eigenvalue weighted by atomic mass is 9.66. The molecule has 2 aliphatic heterocycles. The molecule has 0 radical (unpaired) electrons. The molecule has 2 aliphatic rings. The van der Waals surface area contributed by atoms with Crippen LogP contribution in [0.15, 0.2) is 0 Å². The van der Waals surface area contributed by atoms with Crippen molar-refractivity contribution in [2.45, 2.75) is 25.7 Å². The van der Waals surface area contributed by atoms with Crippen LogP contribution in [0.4, 0.5) is 0 Å². The van der Waals surface area contributed by atoms with E-state index in [0.29, 0.717) is 5.92 Å². The molecular weight excluding hydrogens is 192 g/mol. The van der Waals surface area contributed by atoms with Gasteiger partial charge in [0.25, 0.3) is 0 Å². The van der Waals surface area contributed by atoms with Crippen LogP contribution in [0.25, 0.3) is 0 Å². The molecule has 0 aromatic carbocycles. The summed E-state index contributed by atoms with van der Waals surface area (Å²) >= 11 is 0. The molecule has 0 saturated carbocycles. The van der Waals surface area contributed by atoms with Gasteiger partial charge in [0, 0.05) is 0 Å². The largest absolute Gasteiger partial charge is 0.481 e. The molecule has 15 heavy (non-hydrogen) atoms. The van der Waals surface area contributed by atoms with Gasteiger partial charge in [-0.3, -0.25) is 4.79 Å². The van der Waals surface area contributed by atoms with E-state index in [1.165, 1.54) is 0 Å². The first kappa shape index (κ1) is 10.9. The van der Waals surface area contributed by atoms with Gasteiger partial charge in [-0.1, -0.05) is 0 Å². The highest BCUT2D eigenvalue weighted by Gasteiger charge is 2.46. The van der Waals surface area contributed by atoms with Crippen molar-refractivity contribution in [1.82, 2.24) is 10.6 Å². The first-order chi connectivity index (χ1) is 7.26. The summed E-state index contributed by atoms with van der Waals surface area (Å²) in [5.41, 5.74) is -0.437. The van der Waals surface area contributed by atoms with Crippen LogP contribution in [0.2, 0.25) is 0 Å². The lowest BCUT2D eigenvalue weighted by Gasteiger charge is -2.42. The SMILES string of the molecule is O=C(O)C1(C2CCNCC2)CCNCC1. The summed E-state index contributed by atoms with van der Waals surface area (Å²) in [6, 6.07) is 0. The second-order valence-electron chi connectivity index (χ2n) is 4.74. The summed E-state index contributed by atoms with van der Waals surface area (Å²) in [6.07, 6.45) is 3.64. The first-order valence-corrected chi connectivity index (χ1v) is 5.90. The van der Waals surface area contributed by atoms with E-state index in [9.17, 15) is 9.90 Å². The maximum absolute atomic E-state index is 11.5. The van der Waals surface area contributed by atoms with Crippen molar-refractivity contribution in [3.05, 3.63) is 0 Å². The lowest BCUT2D eigenvalue weighted by molar-refractivity contribution is -0.155. The minimum atomic E-state index is -0.573. The quantitative estimate of drug-likeness (QED) is 0.621. The van der Waals surface area contributed by atoms with Crippen molar-refractivity contribution in [2.24, 2.45) is 11.3 Å². The molecule has 2 fully saturated rings. The van der Waals surface area contributed by atoms with Gasteiger partial charge in [-0.05, 0) is 57.8 Å². The molecule has 0 amide bonds. The zero-order valence-electron chi connectivity index (χ0n) is 9.09. The van der Waals surface area contributed by atoms with Crippen LogP contribution in [0.3, 0.4) is 0 Å². The molecule has 0 atom stereocenters. The fraction of sp³-hybridized carbons (Fsp3) is 0.909. The van der Waals surface area contributed by atoms with Gasteiger partial charge in [0.05, 0.1) is 5.41 Å². The molecule has 0 aromatic heterocycles. The third-order valence-electron chi connectivity index (χ3n) is 4.04. The average molecular weight is 212 g/mol. The number of piperidine rings is 2. The van der Waals surface area contributed by atoms with Crippen molar-refractivity contribution in [3.8, 4) is 0 Å². The summed E-state index contributed by atoms with van der Waals surface area (Å²) in [4.78, 5) is 11.5. The van der Waals surface area contributed by atoms with Crippen molar-refractivity contribution in [2.75, 3.05) is 26.2 Å². The fourth-order valence-corrected chi connectivity index (χ4v) is 3.04. The Hall–Kier alpha value is -0.610. The number of carbonyl (C=O) groups is 1. The molecule has 0 aliphatic carbocycles. The molecule has 2 heterocycles. The van der Waals surface area contributed by atoms with Crippen LogP contribution in [0, 0.1) is 11.3 Å². The zero-order chi connectivity index (χ0) is 10.7. The predicted octanol–water partition coefficient (Wildman–Crippen LogP) is 0.440. The number of carboxylic acids is 1. The summed E-state index contributed by atoms with van der Waals surface area (Å²) in [7, 11) is 0. The molecule has 0 aromatic rings. The lowest BCUT2D eigenvalue weighted by Crippen LogP contribution is -2.49. The maximum Gasteiger partial charge on any atom is 0.310 e. The molecule has 2 rings (SSSR count). The van der Waals surface area contributed by atoms with E-state index in [0.717, 1.165) is 51.9 Å². The molecule has 0 spiro atoms. The molecule has 4 heteroatoms. The zero-order valence-corrected chi connectivity index (χ0v) is 9.09. The Kier molecular flexibility index (Phi) is 3.26. The van der Waals surface area contributed by atoms with Crippen LogP contribution in [0.5, 0.6) is 0 Å². The molecular formula is C11H20N2O2. The van der Waals surface area contributed by atoms with Crippen molar-refractivity contribution >= 4 is 5.97 Å². The van der Waals surface area contributed by atoms with Crippen LogP contribution in [0.1, 0.15) is 25.7 Å². The van der Waals surface area contributed by atoms with Gasteiger partial charge in [0.2, 0.25) is 0 Å². The molecule has 0 bridgehead atoms. The van der Waals surface area contributed by atoms with E-state index in [1.807, 2.05) is 0 Å². The van der Waals surface area contributed by atoms with Gasteiger partial charge in [0.15, 0.2) is 0 Å². The normalized spacial score (nSPS) is 27.5. The van der Waals surface area contributed by atoms with E-state index in [2.05, 4.69) is 10.6 Å². The van der Waals surface area contributed by atoms with Gasteiger partial charge in [0.1, 0.15) is 0 Å². The highest BCUT2D eigenvalue weighted by atomic mass is 16.4. The Morgan fingerprint density at radius 2 is 1.60 bits per heavy atom. The Morgan fingerprint density at radius 1 is 1.07 bits per heavy atom. The van der Waals surface area contributed by atoms with Gasteiger partial charge in [-0.2, -0.15) is 0 Å². The summed E-state index contributed by atoms with van der Waals surface area (Å²) in [5, 5.41) is 16.0. The van der Waals surface area contributed by atoms with E-state index < -0.39 is 11.4 Å². The Bertz CT molecular complexity index is 231. The summed E-state index contributed by atoms with van der Waals surface area (Å²) in [5.74, 6) is -0.200. The molecule has 86 valence electrons. The Balaban J connectivity index is 2.12. The summed E-state index contributed by atoms with van der Waals surface area (Å²) < 4.78 is 0. The van der Waals surface area contributed by atoms with Crippen LogP contribution < -0.4 is 10.6 Å². The number of carboxylic acid groups (broad SMARTS) is 1. The minimum absolute atomic E-state index is 0.373. The highest BCUT2D eigenvalue weighted by molar-refractivity contribution is 5.75. The second kappa shape index (κ2) is 4.49. The Morgan fingerprint density at radius 3 is 2.13 bits per heavy atom. The van der Waals surface area contributed by atoms with Gasteiger partial charge >= 0.3 is 5.97 Å². The van der Waals surface area contributed by atoms with Gasteiger partial charge in [-0.25, -0.2) is 0 Å². The molecule has 4 nitrogen and oxygen atoms in total. The standard InChI is InChI=1S/C11H20N2O2/c14-10(15)11(3-7-13-8-4-11)9-1-5-12-6-2-9/h9,12-13H,1-8H2,(H,14,15). The number of nitrogens with one attached hydrogen (secondary N) is 2. The van der Waals surface area contributed by atoms with Crippen molar-refractivity contribution in [1.29, 1.82) is 0 Å². The third kappa shape index (κ3) is 2.01. The van der Waals surface area contributed by atoms with Crippen LogP contribution in [-0.4, -0.2) is 37.3 Å². The van der Waals surface area contributed by atoms with Crippen LogP contribution in [-0.2, 0) is 4.79 Å². The average Bonchev–Trinajstić information content (AvgIpc) is 2.31. The monoisotopic (exact) mass is 212 g/mol. The number of hydrogen-bond donors (Lipinski definition) is 3. The van der Waals surface area contributed by atoms with E-state index in [-0.39, 0.29) is 0 Å². The van der Waals surface area contributed by atoms with E-state index >= 15 is 0 Å².